The molecule has 1 aliphatic heterocycles. The van der Waals surface area contributed by atoms with Gasteiger partial charge in [-0.05, 0) is 42.5 Å². The molecular weight excluding hydrogens is 563 g/mol. The summed E-state index contributed by atoms with van der Waals surface area (Å²) in [7, 11) is 1.14. The van der Waals surface area contributed by atoms with E-state index in [1.165, 1.54) is 23.1 Å². The van der Waals surface area contributed by atoms with Gasteiger partial charge in [0.05, 0.1) is 5.92 Å². The lowest BCUT2D eigenvalue weighted by Crippen LogP contribution is -2.68. The minimum atomic E-state index is -2.35. The van der Waals surface area contributed by atoms with Crippen molar-refractivity contribution in [1.82, 2.24) is 4.90 Å². The highest BCUT2D eigenvalue weighted by Gasteiger charge is 2.61. The van der Waals surface area contributed by atoms with Gasteiger partial charge < -0.3 is 29.6 Å². The highest BCUT2D eigenvalue weighted by atomic mass is 19.1. The molecule has 0 aliphatic carbocycles. The number of ether oxygens (including phenoxy) is 4. The van der Waals surface area contributed by atoms with Crippen molar-refractivity contribution in [3.63, 3.8) is 0 Å². The fourth-order valence-corrected chi connectivity index (χ4v) is 5.25. The first-order valence-electron chi connectivity index (χ1n) is 14.3. The molecule has 1 aliphatic rings. The van der Waals surface area contributed by atoms with Crippen LogP contribution in [0.1, 0.15) is 65.9 Å². The van der Waals surface area contributed by atoms with Crippen molar-refractivity contribution in [2.24, 2.45) is 17.6 Å². The number of carbonyl (C=O) groups excluding carboxylic acids is 5. The fraction of sp³-hybridized carbons (Fsp3) is 0.581. The van der Waals surface area contributed by atoms with E-state index in [0.717, 1.165) is 34.3 Å². The molecule has 1 aromatic rings. The smallest absolute Gasteiger partial charge is 0.303 e. The molecule has 43 heavy (non-hydrogen) atoms. The van der Waals surface area contributed by atoms with Crippen molar-refractivity contribution in [1.29, 1.82) is 0 Å². The summed E-state index contributed by atoms with van der Waals surface area (Å²) in [5.41, 5.74) is 4.30. The van der Waals surface area contributed by atoms with Crippen LogP contribution >= 0.6 is 0 Å². The molecule has 0 aromatic heterocycles. The molecule has 0 saturated carbocycles. The molecule has 0 bridgehead atoms. The van der Waals surface area contributed by atoms with Gasteiger partial charge in [-0.2, -0.15) is 0 Å². The first-order chi connectivity index (χ1) is 20.3. The van der Waals surface area contributed by atoms with Crippen molar-refractivity contribution in [2.75, 3.05) is 13.7 Å². The molecule has 6 atom stereocenters. The van der Waals surface area contributed by atoms with Crippen LogP contribution in [0.4, 0.5) is 4.39 Å². The Kier molecular flexibility index (Phi) is 13.3. The second-order valence-corrected chi connectivity index (χ2v) is 10.7. The van der Waals surface area contributed by atoms with Gasteiger partial charge in [0, 0.05) is 41.0 Å². The predicted octanol–water partition coefficient (Wildman–Crippen LogP) is 3.22. The van der Waals surface area contributed by atoms with Gasteiger partial charge in [-0.25, -0.2) is 4.39 Å². The zero-order valence-corrected chi connectivity index (χ0v) is 25.7. The Morgan fingerprint density at radius 3 is 2.14 bits per heavy atom. The third kappa shape index (κ3) is 9.34. The van der Waals surface area contributed by atoms with E-state index in [4.69, 9.17) is 24.7 Å². The van der Waals surface area contributed by atoms with Crippen molar-refractivity contribution in [2.45, 2.75) is 90.8 Å². The quantitative estimate of drug-likeness (QED) is 0.191. The summed E-state index contributed by atoms with van der Waals surface area (Å²) in [6.45, 7) is 7.60. The minimum Gasteiger partial charge on any atom is -0.455 e. The topological polar surface area (TPSA) is 152 Å². The summed E-state index contributed by atoms with van der Waals surface area (Å²) in [5.74, 6) is -5.84. The Morgan fingerprint density at radius 1 is 1.02 bits per heavy atom. The van der Waals surface area contributed by atoms with Crippen LogP contribution in [-0.4, -0.2) is 72.2 Å². The van der Waals surface area contributed by atoms with Crippen LogP contribution in [0, 0.1) is 17.7 Å². The van der Waals surface area contributed by atoms with Gasteiger partial charge in [-0.1, -0.05) is 44.9 Å². The second kappa shape index (κ2) is 16.2. The van der Waals surface area contributed by atoms with E-state index < -0.39 is 65.4 Å². The standard InChI is InChI=1S/C31H43FN2O9/c1-7-19(2)11-16-26(41-20(3)35)27(42-21(4)36)28(43-22(5)37)31(40-6,30(33)39)25-10-8-9-17-34(29(25)38)18-23-12-14-24(32)15-13-23/h11-16,19,25-28H,7-10,17-18H2,1-6H3,(H2,33,39)/b16-11+/t19?,25-,26-,27+,28-,31-/m1/s1. The molecule has 12 heteroatoms. The molecule has 0 spiro atoms. The van der Waals surface area contributed by atoms with Crippen LogP contribution < -0.4 is 5.73 Å². The van der Waals surface area contributed by atoms with Gasteiger partial charge in [0.2, 0.25) is 5.91 Å². The zero-order chi connectivity index (χ0) is 32.3. The van der Waals surface area contributed by atoms with E-state index >= 15 is 0 Å². The molecule has 1 unspecified atom stereocenters. The maximum atomic E-state index is 14.2. The molecule has 1 fully saturated rings. The number of nitrogens with zero attached hydrogens (tertiary/aromatic N) is 1. The van der Waals surface area contributed by atoms with Crippen molar-refractivity contribution in [3.8, 4) is 0 Å². The summed E-state index contributed by atoms with van der Waals surface area (Å²) < 4.78 is 36.1. The van der Waals surface area contributed by atoms with E-state index in [1.54, 1.807) is 18.2 Å². The van der Waals surface area contributed by atoms with Crippen molar-refractivity contribution < 1.29 is 47.3 Å². The maximum Gasteiger partial charge on any atom is 0.303 e. The molecule has 238 valence electrons. The summed E-state index contributed by atoms with van der Waals surface area (Å²) in [5, 5.41) is 0. The summed E-state index contributed by atoms with van der Waals surface area (Å²) in [4.78, 5) is 66.3. The lowest BCUT2D eigenvalue weighted by atomic mass is 9.75. The zero-order valence-electron chi connectivity index (χ0n) is 25.7. The largest absolute Gasteiger partial charge is 0.455 e. The number of carbonyl (C=O) groups is 5. The van der Waals surface area contributed by atoms with E-state index in [2.05, 4.69) is 0 Å². The van der Waals surface area contributed by atoms with E-state index in [9.17, 15) is 28.4 Å². The molecule has 2 amide bonds. The van der Waals surface area contributed by atoms with E-state index in [1.807, 2.05) is 13.8 Å². The van der Waals surface area contributed by atoms with Gasteiger partial charge in [-0.15, -0.1) is 0 Å². The lowest BCUT2D eigenvalue weighted by molar-refractivity contribution is -0.219. The Bertz CT molecular complexity index is 1170. The number of hydrogen-bond donors (Lipinski definition) is 1. The number of likely N-dealkylation sites (tertiary alicyclic amines) is 1. The molecule has 2 rings (SSSR count). The van der Waals surface area contributed by atoms with Crippen LogP contribution in [0.15, 0.2) is 36.4 Å². The average molecular weight is 607 g/mol. The lowest BCUT2D eigenvalue weighted by Gasteiger charge is -2.45. The molecule has 11 nitrogen and oxygen atoms in total. The third-order valence-corrected chi connectivity index (χ3v) is 7.52. The monoisotopic (exact) mass is 606 g/mol. The van der Waals surface area contributed by atoms with Gasteiger partial charge in [0.15, 0.2) is 23.9 Å². The summed E-state index contributed by atoms with van der Waals surface area (Å²) in [6, 6.07) is 5.65. The number of methoxy groups -OCH3 is 1. The van der Waals surface area contributed by atoms with Gasteiger partial charge in [-0.3, -0.25) is 24.0 Å². The first kappa shape index (κ1) is 35.4. The van der Waals surface area contributed by atoms with Gasteiger partial charge in [0.25, 0.3) is 5.91 Å². The first-order valence-corrected chi connectivity index (χ1v) is 14.3. The van der Waals surface area contributed by atoms with Crippen LogP contribution in [0.2, 0.25) is 0 Å². The molecule has 1 heterocycles. The average Bonchev–Trinajstić information content (AvgIpc) is 3.11. The Hall–Kier alpha value is -3.80. The van der Waals surface area contributed by atoms with Gasteiger partial charge in [0.1, 0.15) is 5.82 Å². The fourth-order valence-electron chi connectivity index (χ4n) is 5.25. The van der Waals surface area contributed by atoms with Gasteiger partial charge >= 0.3 is 17.9 Å². The number of halogens is 1. The highest BCUT2D eigenvalue weighted by molar-refractivity contribution is 5.93. The number of esters is 3. The van der Waals surface area contributed by atoms with E-state index in [0.29, 0.717) is 24.9 Å². The summed E-state index contributed by atoms with van der Waals surface area (Å²) >= 11 is 0. The minimum absolute atomic E-state index is 0.0231. The maximum absolute atomic E-state index is 14.2. The second-order valence-electron chi connectivity index (χ2n) is 10.7. The Labute approximate surface area is 251 Å². The SMILES string of the molecule is CCC(C)/C=C/[C@@H](OC(C)=O)[C@H](OC(C)=O)[C@@H](OC(C)=O)[C@@](OC)(C(N)=O)[C@@H]1CCCCN(Cc2ccc(F)cc2)C1=O. The van der Waals surface area contributed by atoms with Crippen molar-refractivity contribution >= 4 is 29.7 Å². The van der Waals surface area contributed by atoms with Crippen LogP contribution in [0.25, 0.3) is 0 Å². The number of allylic oxidation sites excluding steroid dienone is 1. The van der Waals surface area contributed by atoms with Crippen LogP contribution in [-0.2, 0) is 49.5 Å². The number of benzene rings is 1. The summed E-state index contributed by atoms with van der Waals surface area (Å²) in [6.07, 6.45) is 0.333. The van der Waals surface area contributed by atoms with Crippen molar-refractivity contribution in [3.05, 3.63) is 47.8 Å². The highest BCUT2D eigenvalue weighted by Crippen LogP contribution is 2.39. The normalized spacial score (nSPS) is 19.8. The Balaban J connectivity index is 2.74. The Morgan fingerprint density at radius 2 is 1.63 bits per heavy atom. The number of hydrogen-bond acceptors (Lipinski definition) is 9. The number of amides is 2. The van der Waals surface area contributed by atoms with Crippen LogP contribution in [0.3, 0.4) is 0 Å². The predicted molar refractivity (Wildman–Crippen MR) is 153 cm³/mol. The number of nitrogens with two attached hydrogens (primary N) is 1. The molecule has 0 radical (unpaired) electrons. The third-order valence-electron chi connectivity index (χ3n) is 7.52. The molecule has 1 aromatic carbocycles. The molecule has 1 saturated heterocycles. The van der Waals surface area contributed by atoms with Crippen LogP contribution in [0.5, 0.6) is 0 Å². The number of primary amides is 1. The molecular formula is C31H43FN2O9. The number of rotatable bonds is 14. The van der Waals surface area contributed by atoms with E-state index in [-0.39, 0.29) is 18.9 Å². The molecule has 2 N–H and O–H groups in total.